The Morgan fingerprint density at radius 2 is 1.67 bits per heavy atom. The summed E-state index contributed by atoms with van der Waals surface area (Å²) in [6, 6.07) is 8.05. The van der Waals surface area contributed by atoms with Crippen LogP contribution in [0.1, 0.15) is 38.1 Å². The third-order valence-electron chi connectivity index (χ3n) is 2.56. The lowest BCUT2D eigenvalue weighted by Gasteiger charge is -2.10. The Morgan fingerprint density at radius 3 is 2.20 bits per heavy atom. The molecule has 1 aromatic carbocycles. The summed E-state index contributed by atoms with van der Waals surface area (Å²) >= 11 is 0. The number of fused-ring (bicyclic) bond motifs is 1. The third kappa shape index (κ3) is 1.84. The Hall–Kier alpha value is -1.44. The highest BCUT2D eigenvalue weighted by Gasteiger charge is 2.09. The van der Waals surface area contributed by atoms with E-state index < -0.39 is 0 Å². The van der Waals surface area contributed by atoms with E-state index in [4.69, 9.17) is 0 Å². The first-order valence-electron chi connectivity index (χ1n) is 5.48. The van der Waals surface area contributed by atoms with Crippen LogP contribution in [0.2, 0.25) is 0 Å². The minimum Gasteiger partial charge on any atom is -0.249 e. The summed E-state index contributed by atoms with van der Waals surface area (Å²) in [7, 11) is 0. The maximum Gasteiger partial charge on any atom is 0.0890 e. The fourth-order valence-electron chi connectivity index (χ4n) is 1.77. The highest BCUT2D eigenvalue weighted by molar-refractivity contribution is 5.74. The summed E-state index contributed by atoms with van der Waals surface area (Å²) in [5.74, 6) is 0.442. The van der Waals surface area contributed by atoms with Crippen molar-refractivity contribution in [1.29, 1.82) is 0 Å². The van der Waals surface area contributed by atoms with Gasteiger partial charge >= 0.3 is 0 Å². The van der Waals surface area contributed by atoms with E-state index in [0.29, 0.717) is 5.92 Å². The minimum absolute atomic E-state index is 0.442. The lowest BCUT2D eigenvalue weighted by atomic mass is 10.1. The molecule has 0 aliphatic rings. The zero-order valence-corrected chi connectivity index (χ0v) is 9.49. The lowest BCUT2D eigenvalue weighted by molar-refractivity contribution is 0.790. The summed E-state index contributed by atoms with van der Waals surface area (Å²) in [5, 5.41) is 0. The van der Waals surface area contributed by atoms with Gasteiger partial charge in [0.05, 0.1) is 22.4 Å². The normalized spacial score (nSPS) is 11.2. The predicted molar refractivity (Wildman–Crippen MR) is 63.0 cm³/mol. The number of nitrogens with zero attached hydrogens (tertiary/aromatic N) is 2. The molecular weight excluding hydrogens is 184 g/mol. The molecule has 1 heterocycles. The highest BCUT2D eigenvalue weighted by Crippen LogP contribution is 2.19. The van der Waals surface area contributed by atoms with Crippen LogP contribution in [0.25, 0.3) is 11.0 Å². The van der Waals surface area contributed by atoms with Crippen LogP contribution in [0.15, 0.2) is 24.3 Å². The third-order valence-corrected chi connectivity index (χ3v) is 2.56. The maximum atomic E-state index is 4.68. The summed E-state index contributed by atoms with van der Waals surface area (Å²) in [4.78, 5) is 9.34. The molecule has 15 heavy (non-hydrogen) atoms. The zero-order chi connectivity index (χ0) is 10.8. The molecule has 0 unspecified atom stereocenters. The second-order valence-corrected chi connectivity index (χ2v) is 4.05. The highest BCUT2D eigenvalue weighted by atomic mass is 14.8. The SMILES string of the molecule is CCc1nc2ccccc2nc1C(C)C. The van der Waals surface area contributed by atoms with Gasteiger partial charge in [-0.25, -0.2) is 9.97 Å². The number of aromatic nitrogens is 2. The van der Waals surface area contributed by atoms with Crippen LogP contribution in [-0.2, 0) is 6.42 Å². The van der Waals surface area contributed by atoms with Gasteiger partial charge in [0, 0.05) is 0 Å². The molecule has 2 aromatic rings. The van der Waals surface area contributed by atoms with Crippen molar-refractivity contribution >= 4 is 11.0 Å². The van der Waals surface area contributed by atoms with E-state index in [2.05, 4.69) is 30.7 Å². The van der Waals surface area contributed by atoms with Crippen LogP contribution in [-0.4, -0.2) is 9.97 Å². The van der Waals surface area contributed by atoms with Crippen LogP contribution in [0, 0.1) is 0 Å². The first-order chi connectivity index (χ1) is 7.22. The Kier molecular flexibility index (Phi) is 2.67. The quantitative estimate of drug-likeness (QED) is 0.743. The van der Waals surface area contributed by atoms with Crippen molar-refractivity contribution in [3.05, 3.63) is 35.7 Å². The maximum absolute atomic E-state index is 4.68. The standard InChI is InChI=1S/C13H16N2/c1-4-10-13(9(2)3)15-12-8-6-5-7-11(12)14-10/h5-9H,4H2,1-3H3. The molecule has 2 rings (SSSR count). The molecule has 0 saturated carbocycles. The Bertz CT molecular complexity index is 475. The Morgan fingerprint density at radius 1 is 1.07 bits per heavy atom. The van der Waals surface area contributed by atoms with Crippen molar-refractivity contribution in [2.24, 2.45) is 0 Å². The van der Waals surface area contributed by atoms with Crippen molar-refractivity contribution in [3.63, 3.8) is 0 Å². The van der Waals surface area contributed by atoms with E-state index in [1.165, 1.54) is 0 Å². The lowest BCUT2D eigenvalue weighted by Crippen LogP contribution is -2.03. The molecule has 0 amide bonds. The first kappa shape index (κ1) is 10.1. The molecule has 0 aliphatic heterocycles. The number of aryl methyl sites for hydroxylation is 1. The molecule has 0 saturated heterocycles. The molecule has 1 aromatic heterocycles. The average Bonchev–Trinajstić information content (AvgIpc) is 2.27. The van der Waals surface area contributed by atoms with Gasteiger partial charge in [0.15, 0.2) is 0 Å². The van der Waals surface area contributed by atoms with Crippen molar-refractivity contribution in [3.8, 4) is 0 Å². The molecule has 0 atom stereocenters. The second-order valence-electron chi connectivity index (χ2n) is 4.05. The molecular formula is C13H16N2. The molecule has 2 heteroatoms. The van der Waals surface area contributed by atoms with Crippen LogP contribution < -0.4 is 0 Å². The van der Waals surface area contributed by atoms with E-state index in [0.717, 1.165) is 28.8 Å². The fraction of sp³-hybridized carbons (Fsp3) is 0.385. The molecule has 0 N–H and O–H groups in total. The molecule has 0 aliphatic carbocycles. The monoisotopic (exact) mass is 200 g/mol. The molecule has 2 nitrogen and oxygen atoms in total. The number of rotatable bonds is 2. The predicted octanol–water partition coefficient (Wildman–Crippen LogP) is 3.32. The van der Waals surface area contributed by atoms with Crippen LogP contribution in [0.4, 0.5) is 0 Å². The summed E-state index contributed by atoms with van der Waals surface area (Å²) < 4.78 is 0. The number of para-hydroxylation sites is 2. The first-order valence-corrected chi connectivity index (χ1v) is 5.48. The summed E-state index contributed by atoms with van der Waals surface area (Å²) in [6.45, 7) is 6.46. The minimum atomic E-state index is 0.442. The Balaban J connectivity index is 2.69. The largest absolute Gasteiger partial charge is 0.249 e. The molecule has 78 valence electrons. The number of benzene rings is 1. The molecule has 0 spiro atoms. The summed E-state index contributed by atoms with van der Waals surface area (Å²) in [5.41, 5.74) is 4.26. The number of hydrogen-bond acceptors (Lipinski definition) is 2. The van der Waals surface area contributed by atoms with Gasteiger partial charge in [0.1, 0.15) is 0 Å². The van der Waals surface area contributed by atoms with E-state index in [1.807, 2.05) is 24.3 Å². The molecule has 0 bridgehead atoms. The van der Waals surface area contributed by atoms with E-state index in [1.54, 1.807) is 0 Å². The van der Waals surface area contributed by atoms with E-state index >= 15 is 0 Å². The van der Waals surface area contributed by atoms with Crippen molar-refractivity contribution in [2.75, 3.05) is 0 Å². The van der Waals surface area contributed by atoms with Crippen molar-refractivity contribution < 1.29 is 0 Å². The second kappa shape index (κ2) is 3.97. The Labute approximate surface area is 90.4 Å². The molecule has 0 radical (unpaired) electrons. The van der Waals surface area contributed by atoms with Crippen molar-refractivity contribution in [1.82, 2.24) is 9.97 Å². The smallest absolute Gasteiger partial charge is 0.0890 e. The average molecular weight is 200 g/mol. The number of hydrogen-bond donors (Lipinski definition) is 0. The van der Waals surface area contributed by atoms with Crippen LogP contribution in [0.3, 0.4) is 0 Å². The molecule has 0 fully saturated rings. The van der Waals surface area contributed by atoms with Crippen LogP contribution in [0.5, 0.6) is 0 Å². The van der Waals surface area contributed by atoms with Gasteiger partial charge < -0.3 is 0 Å². The van der Waals surface area contributed by atoms with Gasteiger partial charge in [0.25, 0.3) is 0 Å². The topological polar surface area (TPSA) is 25.8 Å². The van der Waals surface area contributed by atoms with Gasteiger partial charge in [-0.05, 0) is 24.5 Å². The van der Waals surface area contributed by atoms with Gasteiger partial charge in [-0.3, -0.25) is 0 Å². The van der Waals surface area contributed by atoms with Gasteiger partial charge in [-0.2, -0.15) is 0 Å². The van der Waals surface area contributed by atoms with E-state index in [9.17, 15) is 0 Å². The van der Waals surface area contributed by atoms with Gasteiger partial charge in [-0.1, -0.05) is 32.9 Å². The van der Waals surface area contributed by atoms with Gasteiger partial charge in [-0.15, -0.1) is 0 Å². The zero-order valence-electron chi connectivity index (χ0n) is 9.49. The fourth-order valence-corrected chi connectivity index (χ4v) is 1.77. The van der Waals surface area contributed by atoms with Crippen LogP contribution >= 0.6 is 0 Å². The summed E-state index contributed by atoms with van der Waals surface area (Å²) in [6.07, 6.45) is 0.950. The van der Waals surface area contributed by atoms with Crippen molar-refractivity contribution in [2.45, 2.75) is 33.1 Å². The van der Waals surface area contributed by atoms with E-state index in [-0.39, 0.29) is 0 Å². The van der Waals surface area contributed by atoms with Gasteiger partial charge in [0.2, 0.25) is 0 Å².